The number of hydrogen-bond donors (Lipinski definition) is 2. The van der Waals surface area contributed by atoms with E-state index in [4.69, 9.17) is 0 Å². The molecule has 9 heteroatoms. The summed E-state index contributed by atoms with van der Waals surface area (Å²) in [4.78, 5) is 15.4. The average Bonchev–Trinajstić information content (AvgIpc) is 2.48. The zero-order valence-corrected chi connectivity index (χ0v) is 15.7. The molecule has 0 bridgehead atoms. The topological polar surface area (TPSA) is 86.7 Å². The Morgan fingerprint density at radius 1 is 1.17 bits per heavy atom. The standard InChI is InChI=1S/C14H10N2O4S2.Na/c17-14-9-2-1-3-11-13(9)16(7-15-14)10-5-4-8(22(18,19)20)6-12(10)21-11;/h1-6H,7H2,(H,15,17)(H,18,19,20);. The van der Waals surface area contributed by atoms with Crippen molar-refractivity contribution >= 4 is 68.7 Å². The van der Waals surface area contributed by atoms with Gasteiger partial charge in [-0.1, -0.05) is 17.8 Å². The Bertz CT molecular complexity index is 930. The van der Waals surface area contributed by atoms with Crippen molar-refractivity contribution in [2.24, 2.45) is 0 Å². The minimum absolute atomic E-state index is 0. The minimum Gasteiger partial charge on any atom is -0.334 e. The number of rotatable bonds is 1. The maximum atomic E-state index is 12.0. The van der Waals surface area contributed by atoms with Gasteiger partial charge in [0.2, 0.25) is 0 Å². The predicted molar refractivity (Wildman–Crippen MR) is 87.0 cm³/mol. The van der Waals surface area contributed by atoms with Crippen LogP contribution in [0.4, 0.5) is 11.4 Å². The molecule has 0 spiro atoms. The first kappa shape index (κ1) is 16.8. The molecule has 0 saturated heterocycles. The Hall–Kier alpha value is -1.03. The number of benzene rings is 2. The number of carbonyl (C=O) groups excluding carboxylic acids is 1. The fourth-order valence-corrected chi connectivity index (χ4v) is 4.43. The number of nitrogens with one attached hydrogen (secondary N) is 1. The van der Waals surface area contributed by atoms with Gasteiger partial charge < -0.3 is 10.2 Å². The van der Waals surface area contributed by atoms with E-state index in [0.29, 0.717) is 12.2 Å². The van der Waals surface area contributed by atoms with Crippen LogP contribution >= 0.6 is 11.8 Å². The summed E-state index contributed by atoms with van der Waals surface area (Å²) in [6.07, 6.45) is 0. The van der Waals surface area contributed by atoms with E-state index in [-0.39, 0.29) is 40.4 Å². The number of carbonyl (C=O) groups is 1. The van der Waals surface area contributed by atoms with Crippen molar-refractivity contribution in [3.05, 3.63) is 42.0 Å². The van der Waals surface area contributed by atoms with E-state index >= 15 is 0 Å². The molecule has 0 atom stereocenters. The summed E-state index contributed by atoms with van der Waals surface area (Å²) in [5.41, 5.74) is 2.24. The maximum Gasteiger partial charge on any atom is 0.294 e. The summed E-state index contributed by atoms with van der Waals surface area (Å²) in [5.74, 6) is -0.119. The summed E-state index contributed by atoms with van der Waals surface area (Å²) in [7, 11) is -4.24. The molecule has 23 heavy (non-hydrogen) atoms. The molecule has 2 aliphatic rings. The SMILES string of the molecule is O=C1NCN2c3ccc(S(=O)(=O)O)cc3Sc3cccc1c32.[Na]. The Morgan fingerprint density at radius 2 is 1.96 bits per heavy atom. The van der Waals surface area contributed by atoms with Gasteiger partial charge >= 0.3 is 0 Å². The van der Waals surface area contributed by atoms with Crippen LogP contribution in [-0.4, -0.2) is 55.1 Å². The summed E-state index contributed by atoms with van der Waals surface area (Å²) in [5, 5.41) is 2.80. The van der Waals surface area contributed by atoms with Gasteiger partial charge in [0.05, 0.1) is 28.5 Å². The molecule has 2 aromatic rings. The summed E-state index contributed by atoms with van der Waals surface area (Å²) >= 11 is 1.38. The second-order valence-corrected chi connectivity index (χ2v) is 7.46. The number of nitrogens with zero attached hydrogens (tertiary/aromatic N) is 1. The van der Waals surface area contributed by atoms with Crippen LogP contribution in [0.25, 0.3) is 0 Å². The summed E-state index contributed by atoms with van der Waals surface area (Å²) in [6, 6.07) is 9.89. The third-order valence-corrected chi connectivity index (χ3v) is 5.60. The molecule has 0 fully saturated rings. The van der Waals surface area contributed by atoms with Crippen LogP contribution < -0.4 is 10.2 Å². The Kier molecular flexibility index (Phi) is 4.24. The van der Waals surface area contributed by atoms with Crippen LogP contribution in [0.3, 0.4) is 0 Å². The van der Waals surface area contributed by atoms with Crippen LogP contribution in [0, 0.1) is 0 Å². The fourth-order valence-electron chi connectivity index (χ4n) is 2.68. The Morgan fingerprint density at radius 3 is 2.70 bits per heavy atom. The van der Waals surface area contributed by atoms with Crippen molar-refractivity contribution in [1.82, 2.24) is 5.32 Å². The van der Waals surface area contributed by atoms with Crippen LogP contribution in [0.2, 0.25) is 0 Å². The van der Waals surface area contributed by atoms with Crippen molar-refractivity contribution in [2.75, 3.05) is 11.6 Å². The molecule has 1 radical (unpaired) electrons. The molecule has 0 unspecified atom stereocenters. The molecule has 113 valence electrons. The first-order chi connectivity index (χ1) is 10.4. The zero-order chi connectivity index (χ0) is 15.5. The largest absolute Gasteiger partial charge is 0.334 e. The number of amides is 1. The Labute approximate surface area is 159 Å². The summed E-state index contributed by atoms with van der Waals surface area (Å²) in [6.45, 7) is 0.321. The molecule has 2 N–H and O–H groups in total. The number of para-hydroxylation sites is 1. The van der Waals surface area contributed by atoms with E-state index in [9.17, 15) is 17.8 Å². The third-order valence-electron chi connectivity index (χ3n) is 3.65. The number of hydrogen-bond acceptors (Lipinski definition) is 5. The molecular formula is C14H10N2NaO4S2. The van der Waals surface area contributed by atoms with Gasteiger partial charge in [-0.3, -0.25) is 9.35 Å². The maximum absolute atomic E-state index is 12.0. The fraction of sp³-hybridized carbons (Fsp3) is 0.0714. The van der Waals surface area contributed by atoms with Gasteiger partial charge in [0.25, 0.3) is 16.0 Å². The first-order valence-electron chi connectivity index (χ1n) is 6.43. The van der Waals surface area contributed by atoms with Crippen LogP contribution in [0.5, 0.6) is 0 Å². The predicted octanol–water partition coefficient (Wildman–Crippen LogP) is 1.86. The van der Waals surface area contributed by atoms with Crippen molar-refractivity contribution in [2.45, 2.75) is 14.7 Å². The van der Waals surface area contributed by atoms with E-state index in [1.807, 2.05) is 11.0 Å². The zero-order valence-electron chi connectivity index (χ0n) is 12.1. The van der Waals surface area contributed by atoms with Gasteiger partial charge in [-0.2, -0.15) is 8.42 Å². The molecule has 2 aromatic carbocycles. The quantitative estimate of drug-likeness (QED) is 0.598. The van der Waals surface area contributed by atoms with Gasteiger partial charge in [-0.15, -0.1) is 0 Å². The second-order valence-electron chi connectivity index (χ2n) is 4.95. The van der Waals surface area contributed by atoms with Crippen LogP contribution in [0.15, 0.2) is 51.1 Å². The smallest absolute Gasteiger partial charge is 0.294 e. The minimum atomic E-state index is -4.24. The number of fused-ring (bicyclic) bond motifs is 2. The normalized spacial score (nSPS) is 15.2. The molecular weight excluding hydrogens is 347 g/mol. The molecule has 1 amide bonds. The van der Waals surface area contributed by atoms with Crippen molar-refractivity contribution in [1.29, 1.82) is 0 Å². The van der Waals surface area contributed by atoms with Gasteiger partial charge in [0.1, 0.15) is 0 Å². The molecule has 0 aliphatic carbocycles. The van der Waals surface area contributed by atoms with Crippen molar-refractivity contribution in [3.8, 4) is 0 Å². The number of anilines is 2. The molecule has 4 rings (SSSR count). The molecule has 2 heterocycles. The Balaban J connectivity index is 0.00000156. The van der Waals surface area contributed by atoms with Gasteiger partial charge in [0.15, 0.2) is 0 Å². The van der Waals surface area contributed by atoms with Crippen LogP contribution in [0.1, 0.15) is 10.4 Å². The third kappa shape index (κ3) is 2.69. The van der Waals surface area contributed by atoms with E-state index in [1.165, 1.54) is 23.9 Å². The monoisotopic (exact) mass is 357 g/mol. The van der Waals surface area contributed by atoms with Gasteiger partial charge in [-0.05, 0) is 30.3 Å². The average molecular weight is 357 g/mol. The van der Waals surface area contributed by atoms with Crippen molar-refractivity contribution < 1.29 is 17.8 Å². The van der Waals surface area contributed by atoms with E-state index in [1.54, 1.807) is 18.2 Å². The van der Waals surface area contributed by atoms with Gasteiger partial charge in [0, 0.05) is 39.3 Å². The van der Waals surface area contributed by atoms with Gasteiger partial charge in [-0.25, -0.2) is 0 Å². The first-order valence-corrected chi connectivity index (χ1v) is 8.69. The van der Waals surface area contributed by atoms with Crippen LogP contribution in [-0.2, 0) is 10.1 Å². The van der Waals surface area contributed by atoms with E-state index in [2.05, 4.69) is 5.32 Å². The van der Waals surface area contributed by atoms with Crippen molar-refractivity contribution in [3.63, 3.8) is 0 Å². The molecule has 2 aliphatic heterocycles. The summed E-state index contributed by atoms with van der Waals surface area (Å²) < 4.78 is 31.8. The molecule has 0 aromatic heterocycles. The van der Waals surface area contributed by atoms with E-state index in [0.717, 1.165) is 21.2 Å². The molecule has 0 saturated carbocycles. The molecule has 6 nitrogen and oxygen atoms in total. The second kappa shape index (κ2) is 5.80. The van der Waals surface area contributed by atoms with E-state index < -0.39 is 10.1 Å².